The minimum absolute atomic E-state index is 0.459. The molecule has 0 spiro atoms. The van der Waals surface area contributed by atoms with Gasteiger partial charge in [0.15, 0.2) is 0 Å². The predicted molar refractivity (Wildman–Crippen MR) is 87.7 cm³/mol. The third kappa shape index (κ3) is 2.67. The van der Waals surface area contributed by atoms with E-state index < -0.39 is 0 Å². The van der Waals surface area contributed by atoms with Gasteiger partial charge in [0.2, 0.25) is 0 Å². The molecule has 1 heterocycles. The van der Waals surface area contributed by atoms with E-state index >= 15 is 0 Å². The van der Waals surface area contributed by atoms with Crippen LogP contribution in [0.25, 0.3) is 10.9 Å². The van der Waals surface area contributed by atoms with Crippen molar-refractivity contribution in [3.63, 3.8) is 0 Å². The van der Waals surface area contributed by atoms with Crippen LogP contribution in [-0.2, 0) is 0 Å². The highest BCUT2D eigenvalue weighted by molar-refractivity contribution is 6.30. The molecule has 0 saturated carbocycles. The molecule has 1 N–H and O–H groups in total. The zero-order valence-electron chi connectivity index (χ0n) is 11.8. The van der Waals surface area contributed by atoms with E-state index in [2.05, 4.69) is 16.4 Å². The summed E-state index contributed by atoms with van der Waals surface area (Å²) in [6, 6.07) is 15.1. The molecule has 4 nitrogen and oxygen atoms in total. The zero-order valence-corrected chi connectivity index (χ0v) is 12.6. The van der Waals surface area contributed by atoms with E-state index in [1.165, 1.54) is 0 Å². The van der Waals surface area contributed by atoms with Crippen LogP contribution >= 0.6 is 11.6 Å². The standard InChI is InChI=1S/C17H12ClN3O/c1-22-14-5-6-16-15(8-14)17(11(9-19)10-20-16)21-13-4-2-3-12(18)7-13/h2-8,10H,1H3,(H,20,21). The summed E-state index contributed by atoms with van der Waals surface area (Å²) in [5, 5.41) is 14.0. The van der Waals surface area contributed by atoms with Gasteiger partial charge in [-0.1, -0.05) is 17.7 Å². The van der Waals surface area contributed by atoms with Crippen molar-refractivity contribution in [3.8, 4) is 11.8 Å². The minimum Gasteiger partial charge on any atom is -0.497 e. The highest BCUT2D eigenvalue weighted by atomic mass is 35.5. The van der Waals surface area contributed by atoms with Crippen LogP contribution in [0.5, 0.6) is 5.75 Å². The van der Waals surface area contributed by atoms with E-state index in [-0.39, 0.29) is 0 Å². The van der Waals surface area contributed by atoms with Gasteiger partial charge in [-0.25, -0.2) is 0 Å². The van der Waals surface area contributed by atoms with Gasteiger partial charge in [0.25, 0.3) is 0 Å². The number of benzene rings is 2. The number of nitrogens with one attached hydrogen (secondary N) is 1. The molecule has 0 aliphatic heterocycles. The number of halogens is 1. The lowest BCUT2D eigenvalue weighted by atomic mass is 10.1. The fraction of sp³-hybridized carbons (Fsp3) is 0.0588. The van der Waals surface area contributed by atoms with Crippen LogP contribution in [0.15, 0.2) is 48.7 Å². The van der Waals surface area contributed by atoms with Gasteiger partial charge in [-0.2, -0.15) is 5.26 Å². The Morgan fingerprint density at radius 2 is 2.09 bits per heavy atom. The number of hydrogen-bond acceptors (Lipinski definition) is 4. The number of pyridine rings is 1. The summed E-state index contributed by atoms with van der Waals surface area (Å²) in [6.45, 7) is 0. The summed E-state index contributed by atoms with van der Waals surface area (Å²) in [7, 11) is 1.60. The van der Waals surface area contributed by atoms with Crippen molar-refractivity contribution >= 4 is 33.9 Å². The van der Waals surface area contributed by atoms with Gasteiger partial charge >= 0.3 is 0 Å². The molecule has 5 heteroatoms. The molecule has 22 heavy (non-hydrogen) atoms. The highest BCUT2D eigenvalue weighted by Gasteiger charge is 2.10. The summed E-state index contributed by atoms with van der Waals surface area (Å²) in [5.41, 5.74) is 2.73. The third-order valence-corrected chi connectivity index (χ3v) is 3.52. The van der Waals surface area contributed by atoms with Crippen LogP contribution in [0.1, 0.15) is 5.56 Å². The first-order valence-electron chi connectivity index (χ1n) is 6.60. The van der Waals surface area contributed by atoms with Crippen molar-refractivity contribution in [2.75, 3.05) is 12.4 Å². The molecule has 0 saturated heterocycles. The number of nitriles is 1. The second kappa shape index (κ2) is 5.92. The molecule has 0 aliphatic rings. The number of nitrogens with zero attached hydrogens (tertiary/aromatic N) is 2. The van der Waals surface area contributed by atoms with Gasteiger partial charge in [-0.05, 0) is 36.4 Å². The average Bonchev–Trinajstić information content (AvgIpc) is 2.55. The van der Waals surface area contributed by atoms with E-state index in [4.69, 9.17) is 16.3 Å². The van der Waals surface area contributed by atoms with Crippen molar-refractivity contribution in [1.29, 1.82) is 5.26 Å². The van der Waals surface area contributed by atoms with E-state index in [0.717, 1.165) is 16.6 Å². The Morgan fingerprint density at radius 1 is 1.23 bits per heavy atom. The number of hydrogen-bond donors (Lipinski definition) is 1. The first-order chi connectivity index (χ1) is 10.7. The van der Waals surface area contributed by atoms with Crippen LogP contribution in [-0.4, -0.2) is 12.1 Å². The van der Waals surface area contributed by atoms with Gasteiger partial charge in [0, 0.05) is 22.3 Å². The van der Waals surface area contributed by atoms with E-state index in [0.29, 0.717) is 22.0 Å². The Hall–Kier alpha value is -2.77. The zero-order chi connectivity index (χ0) is 15.5. The van der Waals surface area contributed by atoms with Crippen molar-refractivity contribution < 1.29 is 4.74 Å². The average molecular weight is 310 g/mol. The fourth-order valence-corrected chi connectivity index (χ4v) is 2.42. The van der Waals surface area contributed by atoms with Gasteiger partial charge in [-0.3, -0.25) is 4.98 Å². The largest absolute Gasteiger partial charge is 0.497 e. The molecule has 2 aromatic carbocycles. The molecule has 1 aromatic heterocycles. The van der Waals surface area contributed by atoms with Gasteiger partial charge in [-0.15, -0.1) is 0 Å². The lowest BCUT2D eigenvalue weighted by molar-refractivity contribution is 0.415. The number of methoxy groups -OCH3 is 1. The fourth-order valence-electron chi connectivity index (χ4n) is 2.23. The summed E-state index contributed by atoms with van der Waals surface area (Å²) in [6.07, 6.45) is 1.56. The summed E-state index contributed by atoms with van der Waals surface area (Å²) < 4.78 is 5.26. The monoisotopic (exact) mass is 309 g/mol. The minimum atomic E-state index is 0.459. The van der Waals surface area contributed by atoms with Crippen LogP contribution in [0.2, 0.25) is 5.02 Å². The van der Waals surface area contributed by atoms with Crippen molar-refractivity contribution in [2.45, 2.75) is 0 Å². The number of aromatic nitrogens is 1. The molecule has 0 amide bonds. The second-order valence-electron chi connectivity index (χ2n) is 4.68. The maximum Gasteiger partial charge on any atom is 0.119 e. The molecule has 0 radical (unpaired) electrons. The van der Waals surface area contributed by atoms with Gasteiger partial charge in [0.05, 0.1) is 23.9 Å². The van der Waals surface area contributed by atoms with E-state index in [1.807, 2.05) is 30.3 Å². The number of fused-ring (bicyclic) bond motifs is 1. The lowest BCUT2D eigenvalue weighted by Gasteiger charge is -2.12. The summed E-state index contributed by atoms with van der Waals surface area (Å²) in [4.78, 5) is 4.30. The molecular weight excluding hydrogens is 298 g/mol. The normalized spacial score (nSPS) is 10.2. The maximum absolute atomic E-state index is 9.35. The molecule has 0 bridgehead atoms. The summed E-state index contributed by atoms with van der Waals surface area (Å²) in [5.74, 6) is 0.707. The van der Waals surface area contributed by atoms with Crippen LogP contribution in [0.3, 0.4) is 0 Å². The van der Waals surface area contributed by atoms with Crippen molar-refractivity contribution in [1.82, 2.24) is 4.98 Å². The molecule has 0 atom stereocenters. The third-order valence-electron chi connectivity index (χ3n) is 3.29. The Morgan fingerprint density at radius 3 is 2.82 bits per heavy atom. The number of anilines is 2. The Bertz CT molecular complexity index is 887. The van der Waals surface area contributed by atoms with Gasteiger partial charge in [0.1, 0.15) is 11.8 Å². The molecule has 0 aliphatic carbocycles. The van der Waals surface area contributed by atoms with Crippen LogP contribution in [0, 0.1) is 11.3 Å². The van der Waals surface area contributed by atoms with Gasteiger partial charge < -0.3 is 10.1 Å². The molecule has 0 fully saturated rings. The topological polar surface area (TPSA) is 57.9 Å². The molecule has 3 rings (SSSR count). The molecule has 3 aromatic rings. The first kappa shape index (κ1) is 14.2. The Kier molecular flexibility index (Phi) is 3.82. The maximum atomic E-state index is 9.35. The molecule has 0 unspecified atom stereocenters. The predicted octanol–water partition coefficient (Wildman–Crippen LogP) is 4.51. The first-order valence-corrected chi connectivity index (χ1v) is 6.98. The number of rotatable bonds is 3. The smallest absolute Gasteiger partial charge is 0.119 e. The second-order valence-corrected chi connectivity index (χ2v) is 5.11. The van der Waals surface area contributed by atoms with Crippen molar-refractivity contribution in [3.05, 3.63) is 59.2 Å². The van der Waals surface area contributed by atoms with E-state index in [1.54, 1.807) is 25.4 Å². The quantitative estimate of drug-likeness (QED) is 0.773. The van der Waals surface area contributed by atoms with Crippen LogP contribution < -0.4 is 10.1 Å². The van der Waals surface area contributed by atoms with Crippen LogP contribution in [0.4, 0.5) is 11.4 Å². The Balaban J connectivity index is 2.19. The lowest BCUT2D eigenvalue weighted by Crippen LogP contribution is -1.97. The Labute approximate surface area is 132 Å². The molecule has 108 valence electrons. The molecular formula is C17H12ClN3O. The van der Waals surface area contributed by atoms with Crippen molar-refractivity contribution in [2.24, 2.45) is 0 Å². The summed E-state index contributed by atoms with van der Waals surface area (Å²) >= 11 is 6.01. The van der Waals surface area contributed by atoms with E-state index in [9.17, 15) is 5.26 Å². The SMILES string of the molecule is COc1ccc2ncc(C#N)c(Nc3cccc(Cl)c3)c2c1. The number of ether oxygens (including phenoxy) is 1. The highest BCUT2D eigenvalue weighted by Crippen LogP contribution is 2.31.